The zero-order valence-corrected chi connectivity index (χ0v) is 9.49. The first-order chi connectivity index (χ1) is 8.58. The lowest BCUT2D eigenvalue weighted by Gasteiger charge is -2.11. The van der Waals surface area contributed by atoms with E-state index in [0.29, 0.717) is 5.56 Å². The van der Waals surface area contributed by atoms with Gasteiger partial charge >= 0.3 is 5.97 Å². The maximum Gasteiger partial charge on any atom is 0.331 e. The van der Waals surface area contributed by atoms with E-state index in [-0.39, 0.29) is 5.56 Å². The van der Waals surface area contributed by atoms with Gasteiger partial charge in [-0.1, -0.05) is 0 Å². The molecule has 2 heterocycles. The van der Waals surface area contributed by atoms with Crippen molar-refractivity contribution in [1.82, 2.24) is 25.3 Å². The molecule has 0 aliphatic heterocycles. The van der Waals surface area contributed by atoms with Crippen molar-refractivity contribution in [2.75, 3.05) is 0 Å². The fraction of sp³-hybridized carbons (Fsp3) is 0.200. The number of hydrogen-bond acceptors (Lipinski definition) is 4. The summed E-state index contributed by atoms with van der Waals surface area (Å²) in [5.41, 5.74) is 0.673. The average molecular weight is 249 g/mol. The van der Waals surface area contributed by atoms with E-state index in [4.69, 9.17) is 5.11 Å². The van der Waals surface area contributed by atoms with Crippen LogP contribution < -0.4 is 5.32 Å². The number of carbonyl (C=O) groups is 2. The van der Waals surface area contributed by atoms with Crippen LogP contribution in [-0.4, -0.2) is 37.0 Å². The number of hydrogen-bond donors (Lipinski definition) is 3. The van der Waals surface area contributed by atoms with Crippen molar-refractivity contribution in [1.29, 1.82) is 0 Å². The molecule has 0 aliphatic carbocycles. The molecular weight excluding hydrogens is 238 g/mol. The minimum atomic E-state index is -1.15. The van der Waals surface area contributed by atoms with E-state index >= 15 is 0 Å². The molecule has 0 fully saturated rings. The maximum absolute atomic E-state index is 11.7. The normalized spacial score (nSPS) is 12.1. The van der Waals surface area contributed by atoms with Gasteiger partial charge in [0.1, 0.15) is 0 Å². The monoisotopic (exact) mass is 249 g/mol. The van der Waals surface area contributed by atoms with Crippen LogP contribution in [0.5, 0.6) is 0 Å². The summed E-state index contributed by atoms with van der Waals surface area (Å²) >= 11 is 0. The summed E-state index contributed by atoms with van der Waals surface area (Å²) in [6.07, 6.45) is 5.64. The lowest BCUT2D eigenvalue weighted by molar-refractivity contribution is -0.139. The molecule has 8 nitrogen and oxygen atoms in total. The number of aromatic amines is 1. The molecule has 18 heavy (non-hydrogen) atoms. The molecule has 1 unspecified atom stereocenters. The predicted molar refractivity (Wildman–Crippen MR) is 59.6 cm³/mol. The SMILES string of the molecule is Cn1cc(C(NC(=O)c2cn[nH]c2)C(=O)O)cn1. The summed E-state index contributed by atoms with van der Waals surface area (Å²) in [4.78, 5) is 22.9. The van der Waals surface area contributed by atoms with E-state index < -0.39 is 17.9 Å². The smallest absolute Gasteiger partial charge is 0.331 e. The fourth-order valence-corrected chi connectivity index (χ4v) is 1.47. The lowest BCUT2D eigenvalue weighted by atomic mass is 10.1. The molecule has 2 aromatic heterocycles. The van der Waals surface area contributed by atoms with E-state index in [9.17, 15) is 9.59 Å². The van der Waals surface area contributed by atoms with E-state index in [2.05, 4.69) is 20.6 Å². The van der Waals surface area contributed by atoms with Crippen molar-refractivity contribution in [3.8, 4) is 0 Å². The summed E-state index contributed by atoms with van der Waals surface area (Å²) in [6, 6.07) is -1.14. The number of carboxylic acids is 1. The third-order valence-corrected chi connectivity index (χ3v) is 2.34. The number of nitrogens with zero attached hydrogens (tertiary/aromatic N) is 3. The molecule has 1 amide bonds. The molecule has 2 rings (SSSR count). The van der Waals surface area contributed by atoms with E-state index in [1.165, 1.54) is 29.5 Å². The van der Waals surface area contributed by atoms with Gasteiger partial charge in [0.05, 0.1) is 18.0 Å². The van der Waals surface area contributed by atoms with Crippen LogP contribution >= 0.6 is 0 Å². The van der Waals surface area contributed by atoms with Crippen LogP contribution in [0, 0.1) is 0 Å². The fourth-order valence-electron chi connectivity index (χ4n) is 1.47. The second kappa shape index (κ2) is 4.70. The van der Waals surface area contributed by atoms with Crippen LogP contribution in [0.25, 0.3) is 0 Å². The molecule has 0 radical (unpaired) electrons. The molecule has 0 aliphatic rings. The number of rotatable bonds is 4. The minimum Gasteiger partial charge on any atom is -0.479 e. The highest BCUT2D eigenvalue weighted by molar-refractivity contribution is 5.96. The van der Waals surface area contributed by atoms with E-state index in [1.54, 1.807) is 7.05 Å². The van der Waals surface area contributed by atoms with Crippen LogP contribution in [0.2, 0.25) is 0 Å². The zero-order valence-electron chi connectivity index (χ0n) is 9.49. The summed E-state index contributed by atoms with van der Waals surface area (Å²) in [7, 11) is 1.67. The highest BCUT2D eigenvalue weighted by atomic mass is 16.4. The van der Waals surface area contributed by atoms with Gasteiger partial charge < -0.3 is 10.4 Å². The Morgan fingerprint density at radius 3 is 2.78 bits per heavy atom. The number of H-pyrrole nitrogens is 1. The summed E-state index contributed by atoms with van der Waals surface area (Å²) in [6.45, 7) is 0. The third kappa shape index (κ3) is 2.37. The van der Waals surface area contributed by atoms with Gasteiger partial charge in [0, 0.05) is 25.0 Å². The Morgan fingerprint density at radius 2 is 2.28 bits per heavy atom. The Bertz CT molecular complexity index is 560. The molecule has 0 saturated carbocycles. The summed E-state index contributed by atoms with van der Waals surface area (Å²) in [5.74, 6) is -1.67. The van der Waals surface area contributed by atoms with Gasteiger partial charge in [-0.2, -0.15) is 10.2 Å². The number of carboxylic acid groups (broad SMARTS) is 1. The Balaban J connectivity index is 2.17. The second-order valence-corrected chi connectivity index (χ2v) is 3.68. The van der Waals surface area contributed by atoms with Gasteiger partial charge in [-0.05, 0) is 0 Å². The van der Waals surface area contributed by atoms with Crippen LogP contribution in [0.1, 0.15) is 22.0 Å². The predicted octanol–water partition coefficient (Wildman–Crippen LogP) is -0.301. The number of aliphatic carboxylic acids is 1. The first kappa shape index (κ1) is 11.8. The molecule has 94 valence electrons. The molecule has 3 N–H and O–H groups in total. The summed E-state index contributed by atoms with van der Waals surface area (Å²) in [5, 5.41) is 21.5. The van der Waals surface area contributed by atoms with Gasteiger partial charge in [-0.15, -0.1) is 0 Å². The molecule has 0 bridgehead atoms. The molecule has 2 aromatic rings. The molecule has 0 spiro atoms. The van der Waals surface area contributed by atoms with Gasteiger partial charge in [-0.3, -0.25) is 14.6 Å². The molecule has 0 aromatic carbocycles. The van der Waals surface area contributed by atoms with Crippen molar-refractivity contribution >= 4 is 11.9 Å². The highest BCUT2D eigenvalue weighted by Crippen LogP contribution is 2.12. The lowest BCUT2D eigenvalue weighted by Crippen LogP contribution is -2.33. The van der Waals surface area contributed by atoms with Gasteiger partial charge in [-0.25, -0.2) is 4.79 Å². The molecule has 1 atom stereocenters. The van der Waals surface area contributed by atoms with Crippen LogP contribution in [0.4, 0.5) is 0 Å². The van der Waals surface area contributed by atoms with Crippen LogP contribution in [0.15, 0.2) is 24.8 Å². The number of amides is 1. The number of aromatic nitrogens is 4. The van der Waals surface area contributed by atoms with Crippen molar-refractivity contribution in [3.05, 3.63) is 35.9 Å². The Labute approximate surface area is 102 Å². The highest BCUT2D eigenvalue weighted by Gasteiger charge is 2.24. The minimum absolute atomic E-state index is 0.269. The maximum atomic E-state index is 11.7. The second-order valence-electron chi connectivity index (χ2n) is 3.68. The molecular formula is C10H11N5O3. The number of carbonyl (C=O) groups excluding carboxylic acids is 1. The van der Waals surface area contributed by atoms with Crippen molar-refractivity contribution in [2.24, 2.45) is 7.05 Å². The quantitative estimate of drug-likeness (QED) is 0.688. The first-order valence-electron chi connectivity index (χ1n) is 5.09. The number of nitrogens with one attached hydrogen (secondary N) is 2. The molecule has 8 heteroatoms. The third-order valence-electron chi connectivity index (χ3n) is 2.34. The summed E-state index contributed by atoms with van der Waals surface area (Å²) < 4.78 is 1.47. The van der Waals surface area contributed by atoms with Gasteiger partial charge in [0.15, 0.2) is 6.04 Å². The van der Waals surface area contributed by atoms with E-state index in [1.807, 2.05) is 0 Å². The van der Waals surface area contributed by atoms with E-state index in [0.717, 1.165) is 0 Å². The van der Waals surface area contributed by atoms with Gasteiger partial charge in [0.2, 0.25) is 0 Å². The topological polar surface area (TPSA) is 113 Å². The zero-order chi connectivity index (χ0) is 13.1. The first-order valence-corrected chi connectivity index (χ1v) is 5.09. The molecule has 0 saturated heterocycles. The average Bonchev–Trinajstić information content (AvgIpc) is 2.95. The van der Waals surface area contributed by atoms with Crippen LogP contribution in [-0.2, 0) is 11.8 Å². The van der Waals surface area contributed by atoms with Crippen molar-refractivity contribution in [3.63, 3.8) is 0 Å². The van der Waals surface area contributed by atoms with Crippen LogP contribution in [0.3, 0.4) is 0 Å². The van der Waals surface area contributed by atoms with Gasteiger partial charge in [0.25, 0.3) is 5.91 Å². The standard InChI is InChI=1S/C10H11N5O3/c1-15-5-7(4-13-15)8(10(17)18)14-9(16)6-2-11-12-3-6/h2-5,8H,1H3,(H,11,12)(H,14,16)(H,17,18). The Kier molecular flexibility index (Phi) is 3.09. The number of aryl methyl sites for hydroxylation is 1. The van der Waals surface area contributed by atoms with Crippen molar-refractivity contribution in [2.45, 2.75) is 6.04 Å². The Hall–Kier alpha value is -2.64. The largest absolute Gasteiger partial charge is 0.479 e. The van der Waals surface area contributed by atoms with Crippen molar-refractivity contribution < 1.29 is 14.7 Å². The Morgan fingerprint density at radius 1 is 1.50 bits per heavy atom.